The van der Waals surface area contributed by atoms with Crippen molar-refractivity contribution in [2.45, 2.75) is 37.7 Å². The lowest BCUT2D eigenvalue weighted by molar-refractivity contribution is -0.140. The van der Waals surface area contributed by atoms with E-state index in [1.165, 1.54) is 0 Å². The molecule has 0 radical (unpaired) electrons. The predicted molar refractivity (Wildman–Crippen MR) is 64.7 cm³/mol. The van der Waals surface area contributed by atoms with Gasteiger partial charge < -0.3 is 14.6 Å². The Balaban J connectivity index is 1.81. The van der Waals surface area contributed by atoms with Gasteiger partial charge in [0.1, 0.15) is 5.60 Å². The number of Topliss-reactive ketones (excluding diaryl/α,β-unsaturated/α-hetero) is 1. The molecule has 1 aliphatic carbocycles. The van der Waals surface area contributed by atoms with E-state index in [9.17, 15) is 9.90 Å². The average molecular weight is 248 g/mol. The summed E-state index contributed by atoms with van der Waals surface area (Å²) < 4.78 is 10.5. The number of fused-ring (bicyclic) bond motifs is 1. The number of hydrogen-bond donors (Lipinski definition) is 1. The fraction of sp³-hybridized carbons (Fsp3) is 0.500. The highest BCUT2D eigenvalue weighted by Gasteiger charge is 2.37. The molecule has 1 atom stereocenters. The monoisotopic (exact) mass is 248 g/mol. The van der Waals surface area contributed by atoms with E-state index in [-0.39, 0.29) is 12.6 Å². The van der Waals surface area contributed by atoms with Crippen molar-refractivity contribution < 1.29 is 19.4 Å². The molecule has 0 unspecified atom stereocenters. The van der Waals surface area contributed by atoms with Gasteiger partial charge in [0.25, 0.3) is 0 Å². The van der Waals surface area contributed by atoms with Crippen molar-refractivity contribution >= 4 is 5.78 Å². The molecule has 0 saturated heterocycles. The summed E-state index contributed by atoms with van der Waals surface area (Å²) in [7, 11) is 0. The fourth-order valence-corrected chi connectivity index (χ4v) is 2.65. The van der Waals surface area contributed by atoms with E-state index in [0.717, 1.165) is 24.2 Å². The van der Waals surface area contributed by atoms with Crippen LogP contribution in [0.5, 0.6) is 11.5 Å². The SMILES string of the molecule is O=C1CCCC[C@@]1(O)Cc1ccc2c(c1)OCO2. The third-order valence-electron chi connectivity index (χ3n) is 3.70. The van der Waals surface area contributed by atoms with Crippen LogP contribution >= 0.6 is 0 Å². The van der Waals surface area contributed by atoms with Gasteiger partial charge in [0.05, 0.1) is 0 Å². The fourth-order valence-electron chi connectivity index (χ4n) is 2.65. The maximum atomic E-state index is 11.8. The number of hydrogen-bond acceptors (Lipinski definition) is 4. The van der Waals surface area contributed by atoms with E-state index in [2.05, 4.69) is 0 Å². The Morgan fingerprint density at radius 2 is 2.06 bits per heavy atom. The molecule has 2 aliphatic rings. The van der Waals surface area contributed by atoms with Crippen LogP contribution < -0.4 is 9.47 Å². The second-order valence-corrected chi connectivity index (χ2v) is 5.03. The van der Waals surface area contributed by atoms with Crippen LogP contribution in [0.3, 0.4) is 0 Å². The summed E-state index contributed by atoms with van der Waals surface area (Å²) in [6, 6.07) is 5.56. The van der Waals surface area contributed by atoms with Gasteiger partial charge in [-0.2, -0.15) is 0 Å². The van der Waals surface area contributed by atoms with Crippen LogP contribution in [0.25, 0.3) is 0 Å². The molecule has 1 aromatic rings. The summed E-state index contributed by atoms with van der Waals surface area (Å²) in [5, 5.41) is 10.4. The van der Waals surface area contributed by atoms with Gasteiger partial charge in [-0.3, -0.25) is 4.79 Å². The highest BCUT2D eigenvalue weighted by Crippen LogP contribution is 2.35. The number of rotatable bonds is 2. The minimum Gasteiger partial charge on any atom is -0.454 e. The molecule has 3 rings (SSSR count). The lowest BCUT2D eigenvalue weighted by Crippen LogP contribution is -2.43. The molecular formula is C14H16O4. The first-order valence-corrected chi connectivity index (χ1v) is 6.32. The highest BCUT2D eigenvalue weighted by molar-refractivity contribution is 5.88. The molecule has 1 fully saturated rings. The Morgan fingerprint density at radius 1 is 1.22 bits per heavy atom. The van der Waals surface area contributed by atoms with E-state index in [4.69, 9.17) is 9.47 Å². The van der Waals surface area contributed by atoms with Crippen LogP contribution in [0.15, 0.2) is 18.2 Å². The van der Waals surface area contributed by atoms with Gasteiger partial charge in [-0.1, -0.05) is 6.07 Å². The van der Waals surface area contributed by atoms with Crippen molar-refractivity contribution in [1.82, 2.24) is 0 Å². The minimum atomic E-state index is -1.19. The molecule has 4 heteroatoms. The summed E-state index contributed by atoms with van der Waals surface area (Å²) in [6.45, 7) is 0.238. The Hall–Kier alpha value is -1.55. The van der Waals surface area contributed by atoms with Gasteiger partial charge in [-0.25, -0.2) is 0 Å². The quantitative estimate of drug-likeness (QED) is 0.867. The molecule has 4 nitrogen and oxygen atoms in total. The van der Waals surface area contributed by atoms with Crippen molar-refractivity contribution in [3.05, 3.63) is 23.8 Å². The smallest absolute Gasteiger partial charge is 0.231 e. The van der Waals surface area contributed by atoms with Crippen LogP contribution in [-0.2, 0) is 11.2 Å². The lowest BCUT2D eigenvalue weighted by atomic mass is 9.79. The number of ketones is 1. The van der Waals surface area contributed by atoms with Gasteiger partial charge in [0, 0.05) is 12.8 Å². The maximum Gasteiger partial charge on any atom is 0.231 e. The van der Waals surface area contributed by atoms with E-state index in [1.54, 1.807) is 0 Å². The van der Waals surface area contributed by atoms with Crippen LogP contribution in [0, 0.1) is 0 Å². The number of carbonyl (C=O) groups excluding carboxylic acids is 1. The topological polar surface area (TPSA) is 55.8 Å². The largest absolute Gasteiger partial charge is 0.454 e. The van der Waals surface area contributed by atoms with Crippen molar-refractivity contribution in [3.63, 3.8) is 0 Å². The maximum absolute atomic E-state index is 11.8. The van der Waals surface area contributed by atoms with Gasteiger partial charge in [-0.15, -0.1) is 0 Å². The van der Waals surface area contributed by atoms with Crippen LogP contribution in [-0.4, -0.2) is 23.3 Å². The van der Waals surface area contributed by atoms with Gasteiger partial charge in [-0.05, 0) is 37.0 Å². The first-order chi connectivity index (χ1) is 8.67. The van der Waals surface area contributed by atoms with Crippen LogP contribution in [0.4, 0.5) is 0 Å². The molecule has 96 valence electrons. The first-order valence-electron chi connectivity index (χ1n) is 6.32. The molecule has 1 heterocycles. The second kappa shape index (κ2) is 4.28. The molecular weight excluding hydrogens is 232 g/mol. The zero-order valence-corrected chi connectivity index (χ0v) is 10.1. The van der Waals surface area contributed by atoms with E-state index in [1.807, 2.05) is 18.2 Å². The van der Waals surface area contributed by atoms with Crippen LogP contribution in [0.2, 0.25) is 0 Å². The Morgan fingerprint density at radius 3 is 2.89 bits per heavy atom. The number of ether oxygens (including phenoxy) is 2. The molecule has 0 aromatic heterocycles. The summed E-state index contributed by atoms with van der Waals surface area (Å²) in [5.74, 6) is 1.38. The van der Waals surface area contributed by atoms with Gasteiger partial charge in [0.2, 0.25) is 6.79 Å². The first kappa shape index (κ1) is 11.5. The van der Waals surface area contributed by atoms with Crippen molar-refractivity contribution in [3.8, 4) is 11.5 Å². The molecule has 18 heavy (non-hydrogen) atoms. The highest BCUT2D eigenvalue weighted by atomic mass is 16.7. The van der Waals surface area contributed by atoms with Crippen molar-refractivity contribution in [1.29, 1.82) is 0 Å². The molecule has 0 bridgehead atoms. The van der Waals surface area contributed by atoms with Crippen molar-refractivity contribution in [2.24, 2.45) is 0 Å². The Labute approximate surface area is 106 Å². The third kappa shape index (κ3) is 1.97. The number of benzene rings is 1. The number of carbonyl (C=O) groups is 1. The van der Waals surface area contributed by atoms with E-state index in [0.29, 0.717) is 25.0 Å². The van der Waals surface area contributed by atoms with Crippen LogP contribution in [0.1, 0.15) is 31.2 Å². The summed E-state index contributed by atoms with van der Waals surface area (Å²) in [6.07, 6.45) is 3.21. The zero-order valence-electron chi connectivity index (χ0n) is 10.1. The normalized spacial score (nSPS) is 26.4. The zero-order chi connectivity index (χ0) is 12.6. The molecule has 1 aliphatic heterocycles. The Kier molecular flexibility index (Phi) is 2.74. The summed E-state index contributed by atoms with van der Waals surface area (Å²) in [4.78, 5) is 11.8. The molecule has 0 amide bonds. The second-order valence-electron chi connectivity index (χ2n) is 5.03. The minimum absolute atomic E-state index is 0.0357. The summed E-state index contributed by atoms with van der Waals surface area (Å²) in [5.41, 5.74) is -0.275. The van der Waals surface area contributed by atoms with Gasteiger partial charge in [0.15, 0.2) is 17.3 Å². The van der Waals surface area contributed by atoms with E-state index < -0.39 is 5.60 Å². The average Bonchev–Trinajstić information content (AvgIpc) is 2.80. The lowest BCUT2D eigenvalue weighted by Gasteiger charge is -2.30. The van der Waals surface area contributed by atoms with Gasteiger partial charge >= 0.3 is 0 Å². The third-order valence-corrected chi connectivity index (χ3v) is 3.70. The molecule has 0 spiro atoms. The van der Waals surface area contributed by atoms with E-state index >= 15 is 0 Å². The standard InChI is InChI=1S/C14H16O4/c15-13-3-1-2-6-14(13,16)8-10-4-5-11-12(7-10)18-9-17-11/h4-5,7,16H,1-3,6,8-9H2/t14-/m1/s1. The Bertz CT molecular complexity index is 483. The molecule has 1 saturated carbocycles. The summed E-state index contributed by atoms with van der Waals surface area (Å²) >= 11 is 0. The predicted octanol–water partition coefficient (Wildman–Crippen LogP) is 1.83. The van der Waals surface area contributed by atoms with Crippen molar-refractivity contribution in [2.75, 3.05) is 6.79 Å². The molecule has 1 N–H and O–H groups in total. The number of aliphatic hydroxyl groups is 1. The molecule has 1 aromatic carbocycles.